The second kappa shape index (κ2) is 4.45. The molecule has 3 heterocycles. The Morgan fingerprint density at radius 1 is 1.25 bits per heavy atom. The number of carbonyl (C=O) groups is 2. The zero-order chi connectivity index (χ0) is 13.7. The number of piperidine rings is 1. The van der Waals surface area contributed by atoms with Crippen LogP contribution < -0.4 is 5.32 Å². The summed E-state index contributed by atoms with van der Waals surface area (Å²) in [5.74, 6) is 0.919. The molecule has 0 bridgehead atoms. The first-order valence-corrected chi connectivity index (χ1v) is 7.99. The van der Waals surface area contributed by atoms with E-state index < -0.39 is 0 Å². The average Bonchev–Trinajstić information content (AvgIpc) is 3.03. The fraction of sp³-hybridized carbons (Fsp3) is 0.867. The molecule has 5 nitrogen and oxygen atoms in total. The van der Waals surface area contributed by atoms with Crippen LogP contribution in [0.4, 0.5) is 0 Å². The Balaban J connectivity index is 1.39. The molecule has 3 saturated heterocycles. The number of hydrogen-bond acceptors (Lipinski definition) is 3. The summed E-state index contributed by atoms with van der Waals surface area (Å²) in [6.07, 6.45) is 5.02. The summed E-state index contributed by atoms with van der Waals surface area (Å²) in [5, 5.41) is 3.39. The van der Waals surface area contributed by atoms with Gasteiger partial charge in [0.2, 0.25) is 11.8 Å². The van der Waals surface area contributed by atoms with E-state index in [4.69, 9.17) is 0 Å². The Morgan fingerprint density at radius 2 is 2.05 bits per heavy atom. The topological polar surface area (TPSA) is 52.7 Å². The van der Waals surface area contributed by atoms with Crippen LogP contribution in [0.15, 0.2) is 0 Å². The number of nitrogens with one attached hydrogen (secondary N) is 1. The van der Waals surface area contributed by atoms with Gasteiger partial charge in [-0.15, -0.1) is 0 Å². The first-order valence-electron chi connectivity index (χ1n) is 7.99. The molecule has 20 heavy (non-hydrogen) atoms. The second-order valence-corrected chi connectivity index (χ2v) is 6.93. The molecular weight excluding hydrogens is 254 g/mol. The normalized spacial score (nSPS) is 35.3. The highest BCUT2D eigenvalue weighted by atomic mass is 16.2. The van der Waals surface area contributed by atoms with Crippen molar-refractivity contribution >= 4 is 11.8 Å². The molecule has 2 unspecified atom stereocenters. The number of nitrogens with zero attached hydrogens (tertiary/aromatic N) is 2. The second-order valence-electron chi connectivity index (χ2n) is 6.93. The first-order chi connectivity index (χ1) is 9.70. The minimum absolute atomic E-state index is 0.272. The zero-order valence-corrected chi connectivity index (χ0v) is 11.9. The molecule has 0 aromatic rings. The van der Waals surface area contributed by atoms with Crippen molar-refractivity contribution in [1.29, 1.82) is 0 Å². The highest BCUT2D eigenvalue weighted by Gasteiger charge is 2.59. The summed E-state index contributed by atoms with van der Waals surface area (Å²) < 4.78 is 0. The Kier molecular flexibility index (Phi) is 2.81. The predicted octanol–water partition coefficient (Wildman–Crippen LogP) is 0.209. The molecule has 4 rings (SSSR count). The Bertz CT molecular complexity index is 444. The zero-order valence-electron chi connectivity index (χ0n) is 11.9. The van der Waals surface area contributed by atoms with Gasteiger partial charge in [-0.05, 0) is 44.2 Å². The fourth-order valence-corrected chi connectivity index (χ4v) is 4.46. The maximum atomic E-state index is 12.7. The molecule has 4 fully saturated rings. The monoisotopic (exact) mass is 277 g/mol. The summed E-state index contributed by atoms with van der Waals surface area (Å²) in [4.78, 5) is 28.4. The number of carbonyl (C=O) groups excluding carboxylic acids is 2. The number of piperazine rings is 1. The van der Waals surface area contributed by atoms with Gasteiger partial charge in [-0.3, -0.25) is 9.59 Å². The van der Waals surface area contributed by atoms with Gasteiger partial charge >= 0.3 is 0 Å². The molecule has 1 aliphatic carbocycles. The summed E-state index contributed by atoms with van der Waals surface area (Å²) in [6.45, 7) is 4.39. The maximum absolute atomic E-state index is 12.7. The number of hydrogen-bond donors (Lipinski definition) is 1. The van der Waals surface area contributed by atoms with Gasteiger partial charge in [0, 0.05) is 38.0 Å². The van der Waals surface area contributed by atoms with Crippen LogP contribution in [0.3, 0.4) is 0 Å². The van der Waals surface area contributed by atoms with E-state index in [-0.39, 0.29) is 11.8 Å². The van der Waals surface area contributed by atoms with Gasteiger partial charge in [0.25, 0.3) is 0 Å². The quantitative estimate of drug-likeness (QED) is 0.745. The van der Waals surface area contributed by atoms with E-state index in [1.54, 1.807) is 0 Å². The minimum atomic E-state index is 0.272. The van der Waals surface area contributed by atoms with Crippen LogP contribution in [0.2, 0.25) is 0 Å². The summed E-state index contributed by atoms with van der Waals surface area (Å²) in [6, 6.07) is 0.294. The van der Waals surface area contributed by atoms with E-state index in [1.165, 1.54) is 0 Å². The average molecular weight is 277 g/mol. The van der Waals surface area contributed by atoms with Gasteiger partial charge in [0.05, 0.1) is 0 Å². The van der Waals surface area contributed by atoms with E-state index in [0.717, 1.165) is 58.4 Å². The molecule has 2 atom stereocenters. The number of fused-ring (bicyclic) bond motifs is 1. The van der Waals surface area contributed by atoms with E-state index >= 15 is 0 Å². The van der Waals surface area contributed by atoms with Gasteiger partial charge in [0.1, 0.15) is 0 Å². The van der Waals surface area contributed by atoms with Crippen molar-refractivity contribution in [1.82, 2.24) is 15.1 Å². The maximum Gasteiger partial charge on any atom is 0.226 e. The lowest BCUT2D eigenvalue weighted by molar-refractivity contribution is -0.140. The van der Waals surface area contributed by atoms with Gasteiger partial charge in [-0.25, -0.2) is 0 Å². The van der Waals surface area contributed by atoms with Crippen LogP contribution in [0.1, 0.15) is 32.1 Å². The molecule has 1 saturated carbocycles. The van der Waals surface area contributed by atoms with Crippen LogP contribution in [-0.4, -0.2) is 60.4 Å². The lowest BCUT2D eigenvalue weighted by atomic mass is 9.91. The summed E-state index contributed by atoms with van der Waals surface area (Å²) >= 11 is 0. The third-order valence-corrected chi connectivity index (χ3v) is 5.89. The van der Waals surface area contributed by atoms with E-state index in [2.05, 4.69) is 5.32 Å². The van der Waals surface area contributed by atoms with Crippen molar-refractivity contribution in [2.24, 2.45) is 11.3 Å². The third-order valence-electron chi connectivity index (χ3n) is 5.89. The lowest BCUT2D eigenvalue weighted by Gasteiger charge is -2.38. The van der Waals surface area contributed by atoms with E-state index in [9.17, 15) is 9.59 Å². The van der Waals surface area contributed by atoms with Crippen molar-refractivity contribution in [3.05, 3.63) is 0 Å². The van der Waals surface area contributed by atoms with Gasteiger partial charge < -0.3 is 15.1 Å². The number of amides is 2. The molecular formula is C15H23N3O2. The standard InChI is InChI=1S/C15H23N3O2/c19-13-2-1-11-10-17(7-8-18(11)13)14(20)12-9-15(12)3-5-16-6-4-15/h11-12,16H,1-10H2. The highest BCUT2D eigenvalue weighted by molar-refractivity contribution is 5.84. The molecule has 0 radical (unpaired) electrons. The highest BCUT2D eigenvalue weighted by Crippen LogP contribution is 2.59. The van der Waals surface area contributed by atoms with Crippen molar-refractivity contribution in [3.8, 4) is 0 Å². The van der Waals surface area contributed by atoms with Crippen molar-refractivity contribution in [2.45, 2.75) is 38.1 Å². The van der Waals surface area contributed by atoms with Crippen LogP contribution in [-0.2, 0) is 9.59 Å². The Labute approximate surface area is 119 Å². The molecule has 1 N–H and O–H groups in total. The number of rotatable bonds is 1. The molecule has 4 aliphatic rings. The largest absolute Gasteiger partial charge is 0.339 e. The molecule has 110 valence electrons. The van der Waals surface area contributed by atoms with Gasteiger partial charge in [-0.2, -0.15) is 0 Å². The molecule has 0 aromatic heterocycles. The SMILES string of the molecule is O=C(C1CC12CCNCC2)N1CCN2C(=O)CCC2C1. The van der Waals surface area contributed by atoms with Crippen LogP contribution in [0.25, 0.3) is 0 Å². The Morgan fingerprint density at radius 3 is 2.85 bits per heavy atom. The van der Waals surface area contributed by atoms with E-state index in [0.29, 0.717) is 23.8 Å². The summed E-state index contributed by atoms with van der Waals surface area (Å²) in [5.41, 5.74) is 0.324. The molecule has 5 heteroatoms. The van der Waals surface area contributed by atoms with Crippen molar-refractivity contribution < 1.29 is 9.59 Å². The van der Waals surface area contributed by atoms with Gasteiger partial charge in [0.15, 0.2) is 0 Å². The van der Waals surface area contributed by atoms with Crippen molar-refractivity contribution in [2.75, 3.05) is 32.7 Å². The lowest BCUT2D eigenvalue weighted by Crippen LogP contribution is -2.53. The molecule has 2 amide bonds. The summed E-state index contributed by atoms with van der Waals surface area (Å²) in [7, 11) is 0. The third kappa shape index (κ3) is 1.86. The molecule has 1 spiro atoms. The predicted molar refractivity (Wildman–Crippen MR) is 74.0 cm³/mol. The van der Waals surface area contributed by atoms with Crippen LogP contribution in [0.5, 0.6) is 0 Å². The fourth-order valence-electron chi connectivity index (χ4n) is 4.46. The van der Waals surface area contributed by atoms with Crippen molar-refractivity contribution in [3.63, 3.8) is 0 Å². The smallest absolute Gasteiger partial charge is 0.226 e. The van der Waals surface area contributed by atoms with E-state index in [1.807, 2.05) is 9.80 Å². The van der Waals surface area contributed by atoms with Crippen LogP contribution in [0, 0.1) is 11.3 Å². The van der Waals surface area contributed by atoms with Gasteiger partial charge in [-0.1, -0.05) is 0 Å². The molecule has 0 aromatic carbocycles. The van der Waals surface area contributed by atoms with Crippen LogP contribution >= 0.6 is 0 Å². The molecule has 3 aliphatic heterocycles. The first kappa shape index (κ1) is 12.6. The Hall–Kier alpha value is -1.10. The minimum Gasteiger partial charge on any atom is -0.339 e.